The molecular weight excluding hydrogens is 344 g/mol. The van der Waals surface area contributed by atoms with Crippen molar-refractivity contribution in [3.8, 4) is 5.75 Å². The van der Waals surface area contributed by atoms with Crippen LogP contribution in [0.3, 0.4) is 0 Å². The fraction of sp³-hybridized carbons (Fsp3) is 0.333. The van der Waals surface area contributed by atoms with Crippen molar-refractivity contribution in [3.05, 3.63) is 63.1 Å². The highest BCUT2D eigenvalue weighted by Crippen LogP contribution is 2.30. The maximum Gasteiger partial charge on any atom is 0.184 e. The van der Waals surface area contributed by atoms with Gasteiger partial charge >= 0.3 is 0 Å². The predicted molar refractivity (Wildman–Crippen MR) is 89.0 cm³/mol. The summed E-state index contributed by atoms with van der Waals surface area (Å²) in [4.78, 5) is 0. The molecule has 3 nitrogen and oxygen atoms in total. The lowest BCUT2D eigenvalue weighted by molar-refractivity contribution is -0.0451. The van der Waals surface area contributed by atoms with Crippen LogP contribution in [-0.2, 0) is 16.1 Å². The highest BCUT2D eigenvalue weighted by atomic mass is 79.9. The highest BCUT2D eigenvalue weighted by Gasteiger charge is 2.21. The third-order valence-corrected chi connectivity index (χ3v) is 4.20. The van der Waals surface area contributed by atoms with Crippen molar-refractivity contribution in [2.75, 3.05) is 13.2 Å². The van der Waals surface area contributed by atoms with E-state index in [4.69, 9.17) is 14.2 Å². The van der Waals surface area contributed by atoms with Crippen LogP contribution in [0.2, 0.25) is 0 Å². The number of benzene rings is 2. The van der Waals surface area contributed by atoms with Gasteiger partial charge in [-0.3, -0.25) is 0 Å². The van der Waals surface area contributed by atoms with Crippen LogP contribution in [0.4, 0.5) is 0 Å². The summed E-state index contributed by atoms with van der Waals surface area (Å²) < 4.78 is 18.3. The van der Waals surface area contributed by atoms with Gasteiger partial charge in [0, 0.05) is 10.0 Å². The molecule has 116 valence electrons. The smallest absolute Gasteiger partial charge is 0.184 e. The first-order valence-corrected chi connectivity index (χ1v) is 8.14. The second kappa shape index (κ2) is 6.82. The molecule has 0 atom stereocenters. The second-order valence-corrected chi connectivity index (χ2v) is 6.39. The first-order chi connectivity index (χ1) is 10.6. The fourth-order valence-electron chi connectivity index (χ4n) is 2.49. The zero-order chi connectivity index (χ0) is 15.5. The Morgan fingerprint density at radius 1 is 1.09 bits per heavy atom. The third kappa shape index (κ3) is 3.51. The molecule has 1 saturated heterocycles. The van der Waals surface area contributed by atoms with Crippen molar-refractivity contribution in [3.63, 3.8) is 0 Å². The average Bonchev–Trinajstić information content (AvgIpc) is 3.02. The molecule has 3 rings (SSSR count). The Kier molecular flexibility index (Phi) is 4.81. The van der Waals surface area contributed by atoms with E-state index in [2.05, 4.69) is 54.0 Å². The van der Waals surface area contributed by atoms with Gasteiger partial charge in [-0.25, -0.2) is 0 Å². The normalized spacial score (nSPS) is 15.2. The Morgan fingerprint density at radius 2 is 1.86 bits per heavy atom. The summed E-state index contributed by atoms with van der Waals surface area (Å²) in [5.74, 6) is 0.916. The topological polar surface area (TPSA) is 27.7 Å². The van der Waals surface area contributed by atoms with E-state index in [0.29, 0.717) is 19.8 Å². The number of hydrogen-bond acceptors (Lipinski definition) is 3. The molecule has 4 heteroatoms. The van der Waals surface area contributed by atoms with Crippen molar-refractivity contribution in [2.24, 2.45) is 0 Å². The van der Waals surface area contributed by atoms with Crippen LogP contribution in [0.25, 0.3) is 0 Å². The van der Waals surface area contributed by atoms with E-state index in [1.165, 1.54) is 5.56 Å². The molecule has 1 aliphatic heterocycles. The molecule has 22 heavy (non-hydrogen) atoms. The minimum atomic E-state index is -0.287. The zero-order valence-electron chi connectivity index (χ0n) is 12.8. The molecule has 0 N–H and O–H groups in total. The van der Waals surface area contributed by atoms with Crippen molar-refractivity contribution in [2.45, 2.75) is 26.7 Å². The standard InChI is InChI=1S/C18H19BrO3/c1-12-3-4-13(2)17(9-12)22-11-14-10-15(19)5-6-16(14)18-20-7-8-21-18/h3-6,9-10,18H,7-8,11H2,1-2H3. The number of halogens is 1. The van der Waals surface area contributed by atoms with Crippen molar-refractivity contribution >= 4 is 15.9 Å². The lowest BCUT2D eigenvalue weighted by Crippen LogP contribution is -2.06. The van der Waals surface area contributed by atoms with Crippen LogP contribution in [0, 0.1) is 13.8 Å². The van der Waals surface area contributed by atoms with Crippen LogP contribution in [0.1, 0.15) is 28.5 Å². The molecule has 0 spiro atoms. The molecule has 0 amide bonds. The van der Waals surface area contributed by atoms with Crippen molar-refractivity contribution in [1.29, 1.82) is 0 Å². The minimum Gasteiger partial charge on any atom is -0.489 e. The van der Waals surface area contributed by atoms with Crippen molar-refractivity contribution in [1.82, 2.24) is 0 Å². The molecule has 2 aromatic rings. The van der Waals surface area contributed by atoms with E-state index in [1.807, 2.05) is 12.1 Å². The van der Waals surface area contributed by atoms with Crippen LogP contribution >= 0.6 is 15.9 Å². The highest BCUT2D eigenvalue weighted by molar-refractivity contribution is 9.10. The molecule has 1 aliphatic rings. The maximum atomic E-state index is 6.03. The monoisotopic (exact) mass is 362 g/mol. The third-order valence-electron chi connectivity index (χ3n) is 3.71. The fourth-order valence-corrected chi connectivity index (χ4v) is 2.89. The van der Waals surface area contributed by atoms with E-state index in [0.717, 1.165) is 26.9 Å². The first-order valence-electron chi connectivity index (χ1n) is 7.35. The molecule has 0 bridgehead atoms. The molecule has 1 fully saturated rings. The average molecular weight is 363 g/mol. The molecule has 0 radical (unpaired) electrons. The van der Waals surface area contributed by atoms with Crippen LogP contribution < -0.4 is 4.74 Å². The molecule has 1 heterocycles. The summed E-state index contributed by atoms with van der Waals surface area (Å²) in [6.45, 7) is 5.88. The molecule has 0 saturated carbocycles. The van der Waals surface area contributed by atoms with Gasteiger partial charge in [-0.15, -0.1) is 0 Å². The summed E-state index contributed by atoms with van der Waals surface area (Å²) in [6.07, 6.45) is -0.287. The Balaban J connectivity index is 1.82. The van der Waals surface area contributed by atoms with Gasteiger partial charge in [-0.05, 0) is 48.7 Å². The quantitative estimate of drug-likeness (QED) is 0.789. The summed E-state index contributed by atoms with van der Waals surface area (Å²) in [6, 6.07) is 12.3. The largest absolute Gasteiger partial charge is 0.489 e. The Morgan fingerprint density at radius 3 is 2.64 bits per heavy atom. The van der Waals surface area contributed by atoms with Gasteiger partial charge in [0.1, 0.15) is 12.4 Å². The lowest BCUT2D eigenvalue weighted by Gasteiger charge is -2.16. The molecule has 0 aromatic heterocycles. The van der Waals surface area contributed by atoms with E-state index in [-0.39, 0.29) is 6.29 Å². The van der Waals surface area contributed by atoms with Crippen LogP contribution in [-0.4, -0.2) is 13.2 Å². The van der Waals surface area contributed by atoms with Gasteiger partial charge in [0.15, 0.2) is 6.29 Å². The molecule has 0 aliphatic carbocycles. The van der Waals surface area contributed by atoms with Crippen LogP contribution in [0.5, 0.6) is 5.75 Å². The number of ether oxygens (including phenoxy) is 3. The minimum absolute atomic E-state index is 0.287. The van der Waals surface area contributed by atoms with Gasteiger partial charge < -0.3 is 14.2 Å². The zero-order valence-corrected chi connectivity index (χ0v) is 14.4. The number of aryl methyl sites for hydroxylation is 2. The summed E-state index contributed by atoms with van der Waals surface area (Å²) in [5.41, 5.74) is 4.43. The van der Waals surface area contributed by atoms with E-state index < -0.39 is 0 Å². The van der Waals surface area contributed by atoms with Gasteiger partial charge in [-0.2, -0.15) is 0 Å². The molecule has 0 unspecified atom stereocenters. The SMILES string of the molecule is Cc1ccc(C)c(OCc2cc(Br)ccc2C2OCCO2)c1. The van der Waals surface area contributed by atoms with Gasteiger partial charge in [-0.1, -0.05) is 34.1 Å². The summed E-state index contributed by atoms with van der Waals surface area (Å²) in [7, 11) is 0. The first kappa shape index (κ1) is 15.5. The van der Waals surface area contributed by atoms with E-state index in [9.17, 15) is 0 Å². The Labute approximate surface area is 139 Å². The lowest BCUT2D eigenvalue weighted by atomic mass is 10.1. The Hall–Kier alpha value is -1.36. The number of rotatable bonds is 4. The Bertz CT molecular complexity index is 663. The molecule has 2 aromatic carbocycles. The van der Waals surface area contributed by atoms with Crippen molar-refractivity contribution < 1.29 is 14.2 Å². The summed E-state index contributed by atoms with van der Waals surface area (Å²) >= 11 is 3.52. The van der Waals surface area contributed by atoms with E-state index in [1.54, 1.807) is 0 Å². The van der Waals surface area contributed by atoms with Gasteiger partial charge in [0.05, 0.1) is 13.2 Å². The predicted octanol–water partition coefficient (Wildman–Crippen LogP) is 4.69. The maximum absolute atomic E-state index is 6.03. The van der Waals surface area contributed by atoms with E-state index >= 15 is 0 Å². The van der Waals surface area contributed by atoms with Gasteiger partial charge in [0.25, 0.3) is 0 Å². The number of hydrogen-bond donors (Lipinski definition) is 0. The molecular formula is C18H19BrO3. The van der Waals surface area contributed by atoms with Crippen LogP contribution in [0.15, 0.2) is 40.9 Å². The summed E-state index contributed by atoms with van der Waals surface area (Å²) in [5, 5.41) is 0. The second-order valence-electron chi connectivity index (χ2n) is 5.47. The van der Waals surface area contributed by atoms with Gasteiger partial charge in [0.2, 0.25) is 0 Å².